The van der Waals surface area contributed by atoms with Gasteiger partial charge in [0.15, 0.2) is 0 Å². The Bertz CT molecular complexity index is 465. The van der Waals surface area contributed by atoms with Crippen molar-refractivity contribution in [3.8, 4) is 0 Å². The zero-order chi connectivity index (χ0) is 12.6. The maximum Gasteiger partial charge on any atom is 0.305 e. The van der Waals surface area contributed by atoms with Crippen LogP contribution in [0.3, 0.4) is 0 Å². The van der Waals surface area contributed by atoms with E-state index in [0.29, 0.717) is 0 Å². The number of hydrogen-bond donors (Lipinski definition) is 1. The molecule has 1 fully saturated rings. The van der Waals surface area contributed by atoms with Crippen molar-refractivity contribution in [3.05, 3.63) is 35.4 Å². The van der Waals surface area contributed by atoms with Crippen LogP contribution in [0.25, 0.3) is 0 Å². The topological polar surface area (TPSA) is 40.5 Å². The van der Waals surface area contributed by atoms with Gasteiger partial charge in [-0.2, -0.15) is 0 Å². The van der Waals surface area contributed by atoms with Crippen LogP contribution in [0.15, 0.2) is 24.3 Å². The second-order valence-corrected chi connectivity index (χ2v) is 5.45. The number of fused-ring (bicyclic) bond motifs is 1. The number of benzene rings is 1. The van der Waals surface area contributed by atoms with Crippen LogP contribution in [0.1, 0.15) is 36.8 Å². The largest absolute Gasteiger partial charge is 0.481 e. The Morgan fingerprint density at radius 2 is 2.00 bits per heavy atom. The Kier molecular flexibility index (Phi) is 2.86. The van der Waals surface area contributed by atoms with Crippen molar-refractivity contribution in [2.45, 2.75) is 37.6 Å². The molecule has 0 aromatic heterocycles. The minimum absolute atomic E-state index is 0.237. The molecule has 0 saturated carbocycles. The maximum absolute atomic E-state index is 11.3. The molecule has 1 N–H and O–H groups in total. The standard InChI is InChI=1S/C15H19NO2/c17-14(18)11-15(16-9-3-4-10-16)8-7-12-5-1-2-6-13(12)15/h1-2,5-6H,3-4,7-11H2,(H,17,18). The average molecular weight is 245 g/mol. The van der Waals surface area contributed by atoms with E-state index in [0.717, 1.165) is 25.9 Å². The normalized spacial score (nSPS) is 27.3. The molecule has 1 unspecified atom stereocenters. The summed E-state index contributed by atoms with van der Waals surface area (Å²) in [4.78, 5) is 13.7. The van der Waals surface area contributed by atoms with Crippen LogP contribution >= 0.6 is 0 Å². The van der Waals surface area contributed by atoms with E-state index < -0.39 is 5.97 Å². The molecule has 1 aromatic carbocycles. The highest BCUT2D eigenvalue weighted by molar-refractivity contribution is 5.69. The van der Waals surface area contributed by atoms with Crippen LogP contribution in [0.5, 0.6) is 0 Å². The fourth-order valence-electron chi connectivity index (χ4n) is 3.69. The summed E-state index contributed by atoms with van der Waals surface area (Å²) in [5.41, 5.74) is 2.36. The molecule has 0 radical (unpaired) electrons. The lowest BCUT2D eigenvalue weighted by Gasteiger charge is -2.38. The van der Waals surface area contributed by atoms with Gasteiger partial charge in [0, 0.05) is 0 Å². The molecule has 1 aliphatic carbocycles. The predicted molar refractivity (Wildman–Crippen MR) is 69.5 cm³/mol. The fourth-order valence-corrected chi connectivity index (χ4v) is 3.69. The van der Waals surface area contributed by atoms with Crippen molar-refractivity contribution in [3.63, 3.8) is 0 Å². The van der Waals surface area contributed by atoms with Gasteiger partial charge in [-0.25, -0.2) is 0 Å². The van der Waals surface area contributed by atoms with Gasteiger partial charge in [0.2, 0.25) is 0 Å². The van der Waals surface area contributed by atoms with Crippen molar-refractivity contribution < 1.29 is 9.90 Å². The van der Waals surface area contributed by atoms with E-state index in [-0.39, 0.29) is 12.0 Å². The molecule has 1 aromatic rings. The highest BCUT2D eigenvalue weighted by atomic mass is 16.4. The lowest BCUT2D eigenvalue weighted by atomic mass is 9.86. The number of nitrogens with zero attached hydrogens (tertiary/aromatic N) is 1. The zero-order valence-electron chi connectivity index (χ0n) is 10.6. The number of carboxylic acid groups (broad SMARTS) is 1. The lowest BCUT2D eigenvalue weighted by Crippen LogP contribution is -2.44. The zero-order valence-corrected chi connectivity index (χ0v) is 10.6. The third kappa shape index (κ3) is 1.74. The minimum atomic E-state index is -0.682. The Labute approximate surface area is 107 Å². The number of aryl methyl sites for hydroxylation is 1. The molecule has 3 heteroatoms. The quantitative estimate of drug-likeness (QED) is 0.889. The van der Waals surface area contributed by atoms with Crippen LogP contribution in [0.4, 0.5) is 0 Å². The first kappa shape index (κ1) is 11.7. The van der Waals surface area contributed by atoms with E-state index >= 15 is 0 Å². The summed E-state index contributed by atoms with van der Waals surface area (Å²) >= 11 is 0. The van der Waals surface area contributed by atoms with Gasteiger partial charge in [-0.15, -0.1) is 0 Å². The van der Waals surface area contributed by atoms with Crippen LogP contribution in [0, 0.1) is 0 Å². The van der Waals surface area contributed by atoms with Crippen LogP contribution in [-0.2, 0) is 16.8 Å². The number of likely N-dealkylation sites (tertiary alicyclic amines) is 1. The Balaban J connectivity index is 2.03. The summed E-state index contributed by atoms with van der Waals surface area (Å²) in [6.45, 7) is 2.09. The van der Waals surface area contributed by atoms with Gasteiger partial charge in [0.1, 0.15) is 0 Å². The summed E-state index contributed by atoms with van der Waals surface area (Å²) in [6.07, 6.45) is 4.61. The first-order chi connectivity index (χ1) is 8.72. The second kappa shape index (κ2) is 4.39. The van der Waals surface area contributed by atoms with Gasteiger partial charge >= 0.3 is 5.97 Å². The molecule has 0 amide bonds. The molecule has 3 nitrogen and oxygen atoms in total. The lowest BCUT2D eigenvalue weighted by molar-refractivity contribution is -0.140. The number of hydrogen-bond acceptors (Lipinski definition) is 2. The van der Waals surface area contributed by atoms with Gasteiger partial charge in [-0.1, -0.05) is 24.3 Å². The van der Waals surface area contributed by atoms with E-state index in [1.54, 1.807) is 0 Å². The molecule has 1 atom stereocenters. The van der Waals surface area contributed by atoms with Crippen molar-refractivity contribution in [2.75, 3.05) is 13.1 Å². The highest BCUT2D eigenvalue weighted by Gasteiger charge is 2.45. The molecule has 2 aliphatic rings. The first-order valence-electron chi connectivity index (χ1n) is 6.78. The van der Waals surface area contributed by atoms with Crippen LogP contribution in [0.2, 0.25) is 0 Å². The second-order valence-electron chi connectivity index (χ2n) is 5.45. The molecule has 1 heterocycles. The molecular formula is C15H19NO2. The molecule has 0 bridgehead atoms. The summed E-state index contributed by atoms with van der Waals surface area (Å²) in [5, 5.41) is 9.30. The minimum Gasteiger partial charge on any atom is -0.481 e. The summed E-state index contributed by atoms with van der Waals surface area (Å²) in [5.74, 6) is -0.682. The Hall–Kier alpha value is -1.35. The van der Waals surface area contributed by atoms with Crippen molar-refractivity contribution in [1.29, 1.82) is 0 Å². The van der Waals surface area contributed by atoms with Crippen molar-refractivity contribution in [1.82, 2.24) is 4.90 Å². The van der Waals surface area contributed by atoms with E-state index in [2.05, 4.69) is 23.1 Å². The van der Waals surface area contributed by atoms with E-state index in [1.807, 2.05) is 6.07 Å². The molecule has 1 aliphatic heterocycles. The summed E-state index contributed by atoms with van der Waals surface area (Å²) in [7, 11) is 0. The molecule has 96 valence electrons. The SMILES string of the molecule is O=C(O)CC1(N2CCCC2)CCc2ccccc21. The Morgan fingerprint density at radius 1 is 1.28 bits per heavy atom. The third-order valence-electron chi connectivity index (χ3n) is 4.48. The van der Waals surface area contributed by atoms with E-state index in [1.165, 1.54) is 24.0 Å². The fraction of sp³-hybridized carbons (Fsp3) is 0.533. The molecule has 18 heavy (non-hydrogen) atoms. The molecule has 0 spiro atoms. The van der Waals surface area contributed by atoms with Crippen LogP contribution < -0.4 is 0 Å². The smallest absolute Gasteiger partial charge is 0.305 e. The van der Waals surface area contributed by atoms with Gasteiger partial charge in [-0.3, -0.25) is 9.69 Å². The average Bonchev–Trinajstić information content (AvgIpc) is 2.97. The predicted octanol–water partition coefficient (Wildman–Crippen LogP) is 2.40. The van der Waals surface area contributed by atoms with Crippen molar-refractivity contribution in [2.24, 2.45) is 0 Å². The first-order valence-corrected chi connectivity index (χ1v) is 6.78. The molecular weight excluding hydrogens is 226 g/mol. The van der Waals surface area contributed by atoms with Gasteiger partial charge in [0.25, 0.3) is 0 Å². The molecule has 1 saturated heterocycles. The Morgan fingerprint density at radius 3 is 2.72 bits per heavy atom. The number of carboxylic acids is 1. The molecule has 3 rings (SSSR count). The van der Waals surface area contributed by atoms with Gasteiger partial charge < -0.3 is 5.11 Å². The van der Waals surface area contributed by atoms with Crippen molar-refractivity contribution >= 4 is 5.97 Å². The van der Waals surface area contributed by atoms with Crippen LogP contribution in [-0.4, -0.2) is 29.1 Å². The van der Waals surface area contributed by atoms with Gasteiger partial charge in [-0.05, 0) is 49.9 Å². The highest BCUT2D eigenvalue weighted by Crippen LogP contribution is 2.45. The number of aliphatic carboxylic acids is 1. The number of carbonyl (C=O) groups is 1. The third-order valence-corrected chi connectivity index (χ3v) is 4.48. The monoisotopic (exact) mass is 245 g/mol. The summed E-state index contributed by atoms with van der Waals surface area (Å²) in [6, 6.07) is 8.37. The van der Waals surface area contributed by atoms with E-state index in [9.17, 15) is 9.90 Å². The van der Waals surface area contributed by atoms with Gasteiger partial charge in [0.05, 0.1) is 12.0 Å². The number of rotatable bonds is 3. The van der Waals surface area contributed by atoms with E-state index in [4.69, 9.17) is 0 Å². The summed E-state index contributed by atoms with van der Waals surface area (Å²) < 4.78 is 0. The maximum atomic E-state index is 11.3.